The Balaban J connectivity index is 2.74. The van der Waals surface area contributed by atoms with Crippen LogP contribution in [0.1, 0.15) is 39.0 Å². The summed E-state index contributed by atoms with van der Waals surface area (Å²) < 4.78 is 9.94. The largest absolute Gasteiger partial charge is 0.489 e. The SMILES string of the molecule is COC1=C(OC)C(=O)C(CCCCCC(=O)O)=C(C)C1=O. The van der Waals surface area contributed by atoms with Gasteiger partial charge in [-0.05, 0) is 26.2 Å². The van der Waals surface area contributed by atoms with Crippen LogP contribution in [0.4, 0.5) is 0 Å². The van der Waals surface area contributed by atoms with Gasteiger partial charge in [-0.3, -0.25) is 14.4 Å². The van der Waals surface area contributed by atoms with Crippen molar-refractivity contribution in [3.8, 4) is 0 Å². The molecular formula is C15H20O6. The van der Waals surface area contributed by atoms with Crippen LogP contribution in [-0.4, -0.2) is 36.9 Å². The van der Waals surface area contributed by atoms with Crippen LogP contribution in [0.2, 0.25) is 0 Å². The van der Waals surface area contributed by atoms with Crippen molar-refractivity contribution in [1.29, 1.82) is 0 Å². The van der Waals surface area contributed by atoms with Crippen LogP contribution in [0.5, 0.6) is 0 Å². The standard InChI is InChI=1S/C15H20O6/c1-9-10(7-5-4-6-8-11(16)17)13(19)15(21-3)14(20-2)12(9)18/h4-8H2,1-3H3,(H,16,17). The number of ether oxygens (including phenoxy) is 2. The predicted octanol–water partition coefficient (Wildman–Crippen LogP) is 1.99. The Bertz CT molecular complexity index is 512. The van der Waals surface area contributed by atoms with Gasteiger partial charge >= 0.3 is 5.97 Å². The fourth-order valence-corrected chi connectivity index (χ4v) is 2.25. The van der Waals surface area contributed by atoms with E-state index in [0.717, 1.165) is 0 Å². The minimum Gasteiger partial charge on any atom is -0.489 e. The van der Waals surface area contributed by atoms with E-state index >= 15 is 0 Å². The second kappa shape index (κ2) is 7.61. The lowest BCUT2D eigenvalue weighted by atomic mass is 9.89. The first-order valence-corrected chi connectivity index (χ1v) is 6.77. The zero-order valence-corrected chi connectivity index (χ0v) is 12.5. The molecule has 1 rings (SSSR count). The Morgan fingerprint density at radius 2 is 1.57 bits per heavy atom. The predicted molar refractivity (Wildman–Crippen MR) is 74.5 cm³/mol. The molecule has 0 aromatic heterocycles. The molecule has 0 radical (unpaired) electrons. The average molecular weight is 296 g/mol. The lowest BCUT2D eigenvalue weighted by Crippen LogP contribution is -2.25. The second-order valence-electron chi connectivity index (χ2n) is 4.78. The first-order chi connectivity index (χ1) is 9.93. The average Bonchev–Trinajstić information content (AvgIpc) is 2.45. The van der Waals surface area contributed by atoms with Gasteiger partial charge in [-0.25, -0.2) is 0 Å². The number of rotatable bonds is 8. The minimum atomic E-state index is -0.830. The van der Waals surface area contributed by atoms with Gasteiger partial charge in [-0.15, -0.1) is 0 Å². The zero-order valence-electron chi connectivity index (χ0n) is 12.5. The quantitative estimate of drug-likeness (QED) is 0.544. The van der Waals surface area contributed by atoms with Gasteiger partial charge in [0.25, 0.3) is 0 Å². The van der Waals surface area contributed by atoms with Crippen molar-refractivity contribution in [3.63, 3.8) is 0 Å². The van der Waals surface area contributed by atoms with Crippen LogP contribution < -0.4 is 0 Å². The number of carboxylic acids is 1. The summed E-state index contributed by atoms with van der Waals surface area (Å²) in [5.41, 5.74) is 0.795. The molecule has 0 amide bonds. The summed E-state index contributed by atoms with van der Waals surface area (Å²) in [6.45, 7) is 1.60. The van der Waals surface area contributed by atoms with E-state index in [4.69, 9.17) is 14.6 Å². The smallest absolute Gasteiger partial charge is 0.303 e. The molecule has 0 saturated carbocycles. The molecule has 0 aromatic carbocycles. The van der Waals surface area contributed by atoms with Crippen LogP contribution in [0.25, 0.3) is 0 Å². The van der Waals surface area contributed by atoms with E-state index in [9.17, 15) is 14.4 Å². The molecule has 1 N–H and O–H groups in total. The topological polar surface area (TPSA) is 89.9 Å². The Morgan fingerprint density at radius 3 is 2.10 bits per heavy atom. The molecule has 116 valence electrons. The van der Waals surface area contributed by atoms with Gasteiger partial charge < -0.3 is 14.6 Å². The molecule has 0 fully saturated rings. The normalized spacial score (nSPS) is 15.6. The van der Waals surface area contributed by atoms with Crippen molar-refractivity contribution in [2.75, 3.05) is 14.2 Å². The fourth-order valence-electron chi connectivity index (χ4n) is 2.25. The summed E-state index contributed by atoms with van der Waals surface area (Å²) in [5.74, 6) is -1.62. The number of unbranched alkanes of at least 4 members (excludes halogenated alkanes) is 2. The molecule has 6 heteroatoms. The van der Waals surface area contributed by atoms with Gasteiger partial charge in [0.2, 0.25) is 23.1 Å². The number of allylic oxidation sites excluding steroid dienone is 2. The van der Waals surface area contributed by atoms with Crippen molar-refractivity contribution < 1.29 is 29.0 Å². The summed E-state index contributed by atoms with van der Waals surface area (Å²) in [6, 6.07) is 0. The minimum absolute atomic E-state index is 0.0605. The van der Waals surface area contributed by atoms with Crippen LogP contribution >= 0.6 is 0 Å². The van der Waals surface area contributed by atoms with Crippen molar-refractivity contribution in [2.24, 2.45) is 0 Å². The van der Waals surface area contributed by atoms with E-state index in [1.165, 1.54) is 14.2 Å². The summed E-state index contributed by atoms with van der Waals surface area (Å²) in [6.07, 6.45) is 2.44. The number of hydrogen-bond donors (Lipinski definition) is 1. The lowest BCUT2D eigenvalue weighted by molar-refractivity contribution is -0.137. The number of ketones is 2. The van der Waals surface area contributed by atoms with Crippen molar-refractivity contribution in [3.05, 3.63) is 22.7 Å². The fraction of sp³-hybridized carbons (Fsp3) is 0.533. The highest BCUT2D eigenvalue weighted by atomic mass is 16.5. The Hall–Kier alpha value is -2.11. The molecule has 1 aliphatic rings. The third kappa shape index (κ3) is 3.93. The Morgan fingerprint density at radius 1 is 1.00 bits per heavy atom. The van der Waals surface area contributed by atoms with Gasteiger partial charge in [0.1, 0.15) is 0 Å². The van der Waals surface area contributed by atoms with Crippen molar-refractivity contribution in [1.82, 2.24) is 0 Å². The van der Waals surface area contributed by atoms with Gasteiger partial charge in [-0.2, -0.15) is 0 Å². The van der Waals surface area contributed by atoms with E-state index in [2.05, 4.69) is 0 Å². The molecule has 0 spiro atoms. The first kappa shape index (κ1) is 16.9. The number of hydrogen-bond acceptors (Lipinski definition) is 5. The van der Waals surface area contributed by atoms with Crippen LogP contribution in [0.15, 0.2) is 22.7 Å². The highest BCUT2D eigenvalue weighted by Gasteiger charge is 2.34. The molecule has 6 nitrogen and oxygen atoms in total. The second-order valence-corrected chi connectivity index (χ2v) is 4.78. The lowest BCUT2D eigenvalue weighted by Gasteiger charge is -2.20. The third-order valence-electron chi connectivity index (χ3n) is 3.41. The number of aliphatic carboxylic acids is 1. The highest BCUT2D eigenvalue weighted by molar-refractivity contribution is 6.23. The molecule has 0 atom stereocenters. The molecule has 1 aliphatic carbocycles. The molecule has 0 aromatic rings. The Labute approximate surface area is 123 Å². The third-order valence-corrected chi connectivity index (χ3v) is 3.41. The molecule has 0 unspecified atom stereocenters. The maximum atomic E-state index is 12.3. The maximum absolute atomic E-state index is 12.3. The first-order valence-electron chi connectivity index (χ1n) is 6.77. The summed E-state index contributed by atoms with van der Waals surface area (Å²) in [4.78, 5) is 34.8. The van der Waals surface area contributed by atoms with Gasteiger partial charge in [0, 0.05) is 17.6 Å². The number of methoxy groups -OCH3 is 2. The monoisotopic (exact) mass is 296 g/mol. The molecule has 0 aliphatic heterocycles. The molecule has 0 bridgehead atoms. The molecule has 0 heterocycles. The van der Waals surface area contributed by atoms with Crippen LogP contribution in [-0.2, 0) is 23.9 Å². The number of Topliss-reactive ketones (excluding diaryl/α,β-unsaturated/α-hetero) is 2. The van der Waals surface area contributed by atoms with Crippen molar-refractivity contribution in [2.45, 2.75) is 39.0 Å². The van der Waals surface area contributed by atoms with Crippen LogP contribution in [0, 0.1) is 0 Å². The van der Waals surface area contributed by atoms with E-state index in [1.54, 1.807) is 6.92 Å². The van der Waals surface area contributed by atoms with Gasteiger partial charge in [-0.1, -0.05) is 6.42 Å². The maximum Gasteiger partial charge on any atom is 0.303 e. The van der Waals surface area contributed by atoms with Crippen LogP contribution in [0.3, 0.4) is 0 Å². The van der Waals surface area contributed by atoms with Gasteiger partial charge in [0.05, 0.1) is 14.2 Å². The zero-order chi connectivity index (χ0) is 16.0. The van der Waals surface area contributed by atoms with E-state index < -0.39 is 5.97 Å². The molecule has 21 heavy (non-hydrogen) atoms. The number of carboxylic acid groups (broad SMARTS) is 1. The highest BCUT2D eigenvalue weighted by Crippen LogP contribution is 2.28. The number of carbonyl (C=O) groups excluding carboxylic acids is 2. The molecular weight excluding hydrogens is 276 g/mol. The van der Waals surface area contributed by atoms with E-state index in [-0.39, 0.29) is 29.5 Å². The summed E-state index contributed by atoms with van der Waals surface area (Å²) in [7, 11) is 2.65. The summed E-state index contributed by atoms with van der Waals surface area (Å²) >= 11 is 0. The van der Waals surface area contributed by atoms with E-state index in [0.29, 0.717) is 36.8 Å². The van der Waals surface area contributed by atoms with Gasteiger partial charge in [0.15, 0.2) is 0 Å². The molecule has 0 saturated heterocycles. The summed E-state index contributed by atoms with van der Waals surface area (Å²) in [5, 5.41) is 8.56. The Kier molecular flexibility index (Phi) is 6.14. The van der Waals surface area contributed by atoms with Crippen molar-refractivity contribution >= 4 is 17.5 Å². The number of carbonyl (C=O) groups is 3. The van der Waals surface area contributed by atoms with E-state index in [1.807, 2.05) is 0 Å².